The van der Waals surface area contributed by atoms with E-state index >= 15 is 0 Å². The van der Waals surface area contributed by atoms with Crippen molar-refractivity contribution in [3.05, 3.63) is 29.0 Å². The summed E-state index contributed by atoms with van der Waals surface area (Å²) in [5.41, 5.74) is -0.735. The van der Waals surface area contributed by atoms with Crippen LogP contribution >= 0.6 is 11.6 Å². The van der Waals surface area contributed by atoms with Gasteiger partial charge in [-0.25, -0.2) is 4.39 Å². The fourth-order valence-corrected chi connectivity index (χ4v) is 1.72. The highest BCUT2D eigenvalue weighted by Gasteiger charge is 2.25. The maximum Gasteiger partial charge on any atom is 0.309 e. The summed E-state index contributed by atoms with van der Waals surface area (Å²) in [6.45, 7) is 3.71. The molecule has 0 spiro atoms. The minimum absolute atomic E-state index is 0.0320. The number of ether oxygens (including phenoxy) is 1. The van der Waals surface area contributed by atoms with E-state index in [1.165, 1.54) is 12.1 Å². The van der Waals surface area contributed by atoms with Gasteiger partial charge in [-0.15, -0.1) is 0 Å². The van der Waals surface area contributed by atoms with E-state index in [-0.39, 0.29) is 10.8 Å². The van der Waals surface area contributed by atoms with Crippen LogP contribution in [0.1, 0.15) is 33.1 Å². The first-order chi connectivity index (χ1) is 8.84. The molecule has 19 heavy (non-hydrogen) atoms. The molecule has 3 nitrogen and oxygen atoms in total. The average molecular weight is 289 g/mol. The molecule has 0 aliphatic heterocycles. The molecule has 0 aromatic heterocycles. The second kappa shape index (κ2) is 6.75. The molecule has 0 fully saturated rings. The molecule has 106 valence electrons. The summed E-state index contributed by atoms with van der Waals surface area (Å²) in [5, 5.41) is 8.98. The molecule has 1 rings (SSSR count). The van der Waals surface area contributed by atoms with E-state index in [4.69, 9.17) is 21.4 Å². The number of carbonyl (C=O) groups is 1. The molecule has 0 bridgehead atoms. The summed E-state index contributed by atoms with van der Waals surface area (Å²) in [6.07, 6.45) is 1.94. The third-order valence-corrected chi connectivity index (χ3v) is 3.24. The number of halogens is 2. The fraction of sp³-hybridized carbons (Fsp3) is 0.500. The van der Waals surface area contributed by atoms with Gasteiger partial charge < -0.3 is 9.84 Å². The van der Waals surface area contributed by atoms with Gasteiger partial charge in [-0.1, -0.05) is 17.7 Å². The van der Waals surface area contributed by atoms with Crippen LogP contribution in [0.15, 0.2) is 18.2 Å². The predicted molar refractivity (Wildman–Crippen MR) is 72.2 cm³/mol. The third kappa shape index (κ3) is 4.71. The lowest BCUT2D eigenvalue weighted by molar-refractivity contribution is -0.147. The van der Waals surface area contributed by atoms with E-state index in [1.807, 2.05) is 0 Å². The summed E-state index contributed by atoms with van der Waals surface area (Å²) in [5.74, 6) is -1.24. The first-order valence-corrected chi connectivity index (χ1v) is 6.52. The van der Waals surface area contributed by atoms with E-state index in [1.54, 1.807) is 19.9 Å². The van der Waals surface area contributed by atoms with Crippen LogP contribution in [0.25, 0.3) is 0 Å². The number of aliphatic carboxylic acids is 1. The highest BCUT2D eigenvalue weighted by Crippen LogP contribution is 2.25. The van der Waals surface area contributed by atoms with Crippen molar-refractivity contribution in [1.82, 2.24) is 0 Å². The van der Waals surface area contributed by atoms with Crippen molar-refractivity contribution in [2.45, 2.75) is 33.1 Å². The minimum Gasteiger partial charge on any atom is -0.490 e. The lowest BCUT2D eigenvalue weighted by atomic mass is 9.87. The highest BCUT2D eigenvalue weighted by atomic mass is 35.5. The van der Waals surface area contributed by atoms with Gasteiger partial charge in [-0.3, -0.25) is 4.79 Å². The molecule has 0 aliphatic rings. The van der Waals surface area contributed by atoms with Crippen molar-refractivity contribution in [3.8, 4) is 5.75 Å². The summed E-state index contributed by atoms with van der Waals surface area (Å²) >= 11 is 5.63. The molecule has 0 saturated heterocycles. The second-order valence-corrected chi connectivity index (χ2v) is 5.45. The van der Waals surface area contributed by atoms with Crippen molar-refractivity contribution in [2.24, 2.45) is 5.41 Å². The van der Waals surface area contributed by atoms with Crippen LogP contribution in [0.3, 0.4) is 0 Å². The molecule has 0 atom stereocenters. The molecule has 0 amide bonds. The van der Waals surface area contributed by atoms with Crippen LogP contribution in [0.2, 0.25) is 5.02 Å². The fourth-order valence-electron chi connectivity index (χ4n) is 1.55. The van der Waals surface area contributed by atoms with E-state index in [9.17, 15) is 9.18 Å². The van der Waals surface area contributed by atoms with Crippen molar-refractivity contribution in [2.75, 3.05) is 6.61 Å². The molecule has 5 heteroatoms. The van der Waals surface area contributed by atoms with Crippen molar-refractivity contribution in [1.29, 1.82) is 0 Å². The second-order valence-electron chi connectivity index (χ2n) is 5.05. The summed E-state index contributed by atoms with van der Waals surface area (Å²) < 4.78 is 18.8. The third-order valence-electron chi connectivity index (χ3n) is 2.95. The Hall–Kier alpha value is -1.29. The van der Waals surface area contributed by atoms with Crippen molar-refractivity contribution in [3.63, 3.8) is 0 Å². The summed E-state index contributed by atoms with van der Waals surface area (Å²) in [6, 6.07) is 4.59. The number of unbranched alkanes of at least 4 members (excludes halogenated alkanes) is 1. The van der Waals surface area contributed by atoms with Gasteiger partial charge in [-0.2, -0.15) is 0 Å². The Kier molecular flexibility index (Phi) is 5.60. The number of carboxylic acid groups (broad SMARTS) is 1. The van der Waals surface area contributed by atoms with Crippen molar-refractivity contribution >= 4 is 17.6 Å². The first-order valence-electron chi connectivity index (χ1n) is 6.15. The van der Waals surface area contributed by atoms with Gasteiger partial charge in [0.05, 0.1) is 17.0 Å². The Bertz CT molecular complexity index is 446. The minimum atomic E-state index is -0.811. The van der Waals surface area contributed by atoms with Crippen LogP contribution in [0, 0.1) is 11.2 Å². The van der Waals surface area contributed by atoms with Crippen LogP contribution in [-0.2, 0) is 4.79 Å². The number of benzene rings is 1. The van der Waals surface area contributed by atoms with Crippen LogP contribution in [-0.4, -0.2) is 17.7 Å². The Balaban J connectivity index is 2.32. The van der Waals surface area contributed by atoms with Gasteiger partial charge in [0.1, 0.15) is 0 Å². The average Bonchev–Trinajstić information content (AvgIpc) is 2.33. The lowest BCUT2D eigenvalue weighted by Crippen LogP contribution is -2.23. The van der Waals surface area contributed by atoms with E-state index in [0.717, 1.165) is 0 Å². The van der Waals surface area contributed by atoms with Gasteiger partial charge >= 0.3 is 5.97 Å². The normalized spacial score (nSPS) is 11.4. The monoisotopic (exact) mass is 288 g/mol. The maximum absolute atomic E-state index is 13.5. The van der Waals surface area contributed by atoms with Gasteiger partial charge in [0, 0.05) is 0 Å². The largest absolute Gasteiger partial charge is 0.490 e. The molecule has 1 aromatic carbocycles. The Morgan fingerprint density at radius 2 is 2.11 bits per heavy atom. The zero-order valence-electron chi connectivity index (χ0n) is 11.1. The molecule has 0 unspecified atom stereocenters. The topological polar surface area (TPSA) is 46.5 Å². The van der Waals surface area contributed by atoms with Crippen LogP contribution in [0.5, 0.6) is 5.75 Å². The molecule has 0 radical (unpaired) electrons. The Labute approximate surface area is 117 Å². The van der Waals surface area contributed by atoms with E-state index < -0.39 is 17.2 Å². The molecule has 1 aromatic rings. The standard InChI is InChI=1S/C14H18ClFO3/c1-14(2,13(17)18)8-3-4-9-19-11-7-5-6-10(15)12(11)16/h5-7H,3-4,8-9H2,1-2H3,(H,17,18). The summed E-state index contributed by atoms with van der Waals surface area (Å²) in [4.78, 5) is 10.9. The maximum atomic E-state index is 13.5. The SMILES string of the molecule is CC(C)(CCCCOc1cccc(Cl)c1F)C(=O)O. The molecule has 0 heterocycles. The number of hydrogen-bond acceptors (Lipinski definition) is 2. The van der Waals surface area contributed by atoms with Crippen molar-refractivity contribution < 1.29 is 19.0 Å². The van der Waals surface area contributed by atoms with Crippen LogP contribution in [0.4, 0.5) is 4.39 Å². The smallest absolute Gasteiger partial charge is 0.309 e. The molecule has 0 aliphatic carbocycles. The van der Waals surface area contributed by atoms with Gasteiger partial charge in [0.2, 0.25) is 0 Å². The van der Waals surface area contributed by atoms with Gasteiger partial charge in [-0.05, 0) is 45.2 Å². The number of hydrogen-bond donors (Lipinski definition) is 1. The summed E-state index contributed by atoms with van der Waals surface area (Å²) in [7, 11) is 0. The molecule has 0 saturated carbocycles. The number of carboxylic acids is 1. The first kappa shape index (κ1) is 15.8. The van der Waals surface area contributed by atoms with Gasteiger partial charge in [0.25, 0.3) is 0 Å². The molecule has 1 N–H and O–H groups in total. The lowest BCUT2D eigenvalue weighted by Gasteiger charge is -2.18. The molecular formula is C14H18ClFO3. The number of rotatable bonds is 7. The predicted octanol–water partition coefficient (Wildman–Crippen LogP) is 4.14. The molecular weight excluding hydrogens is 271 g/mol. The zero-order chi connectivity index (χ0) is 14.5. The quantitative estimate of drug-likeness (QED) is 0.767. The highest BCUT2D eigenvalue weighted by molar-refractivity contribution is 6.30. The Morgan fingerprint density at radius 3 is 2.74 bits per heavy atom. The van der Waals surface area contributed by atoms with E-state index in [0.29, 0.717) is 25.9 Å². The van der Waals surface area contributed by atoms with Gasteiger partial charge in [0.15, 0.2) is 11.6 Å². The van der Waals surface area contributed by atoms with E-state index in [2.05, 4.69) is 0 Å². The zero-order valence-corrected chi connectivity index (χ0v) is 11.8. The van der Waals surface area contributed by atoms with Crippen LogP contribution < -0.4 is 4.74 Å². The Morgan fingerprint density at radius 1 is 1.42 bits per heavy atom.